The van der Waals surface area contributed by atoms with Crippen LogP contribution in [0.4, 0.5) is 34.1 Å². The van der Waals surface area contributed by atoms with Gasteiger partial charge in [0.05, 0.1) is 5.69 Å². The Balaban J connectivity index is 0.887. The Labute approximate surface area is 416 Å². The predicted octanol–water partition coefficient (Wildman–Crippen LogP) is 19.4. The molecule has 2 heteroatoms. The molecule has 71 heavy (non-hydrogen) atoms. The van der Waals surface area contributed by atoms with Gasteiger partial charge in [0.25, 0.3) is 0 Å². The van der Waals surface area contributed by atoms with E-state index in [1.807, 2.05) is 0 Å². The summed E-state index contributed by atoms with van der Waals surface area (Å²) >= 11 is 0. The van der Waals surface area contributed by atoms with Gasteiger partial charge in [0, 0.05) is 39.2 Å². The van der Waals surface area contributed by atoms with Gasteiger partial charge in [0.15, 0.2) is 0 Å². The highest BCUT2D eigenvalue weighted by molar-refractivity contribution is 6.14. The van der Waals surface area contributed by atoms with Crippen LogP contribution < -0.4 is 9.80 Å². The maximum Gasteiger partial charge on any atom is 0.0546 e. The van der Waals surface area contributed by atoms with Gasteiger partial charge in [-0.05, 0) is 155 Å². The zero-order chi connectivity index (χ0) is 47.5. The van der Waals surface area contributed by atoms with Crippen LogP contribution in [0.5, 0.6) is 0 Å². The summed E-state index contributed by atoms with van der Waals surface area (Å²) in [6.07, 6.45) is 0. The molecular weight excluding hydrogens is 857 g/mol. The van der Waals surface area contributed by atoms with Crippen LogP contribution in [0, 0.1) is 0 Å². The molecule has 1 aliphatic carbocycles. The van der Waals surface area contributed by atoms with E-state index >= 15 is 0 Å². The third-order valence-corrected chi connectivity index (χ3v) is 14.8. The molecule has 0 heterocycles. The largest absolute Gasteiger partial charge is 0.310 e. The smallest absolute Gasteiger partial charge is 0.0546 e. The van der Waals surface area contributed by atoms with Gasteiger partial charge >= 0.3 is 0 Å². The van der Waals surface area contributed by atoms with E-state index in [-0.39, 0.29) is 5.41 Å². The van der Waals surface area contributed by atoms with Crippen molar-refractivity contribution in [3.8, 4) is 44.5 Å². The highest BCUT2D eigenvalue weighted by Crippen LogP contribution is 2.53. The monoisotopic (exact) mass is 906 g/mol. The van der Waals surface area contributed by atoms with E-state index in [0.29, 0.717) is 0 Å². The molecule has 0 fully saturated rings. The second-order valence-electron chi connectivity index (χ2n) is 19.4. The average molecular weight is 907 g/mol. The molecule has 0 spiro atoms. The molecule has 13 rings (SSSR count). The standard InChI is InChI=1S/C69H50N2/c1-69(2)66-45-59(70(56-20-7-4-8-21-56)57-35-31-51(32-36-57)50-27-25-49(26-28-50)47-15-5-3-6-16-47)39-41-63(66)64-42-40-60(46-67(64)69)71(68-44-55-19-11-12-22-61(55)62-23-13-14-24-65(62)68)58-37-33-52(34-38-58)54-30-29-48-17-9-10-18-53(48)43-54/h3-46H,1-2H3. The van der Waals surface area contributed by atoms with Crippen LogP contribution in [0.25, 0.3) is 76.8 Å². The first-order valence-corrected chi connectivity index (χ1v) is 24.7. The lowest BCUT2D eigenvalue weighted by Gasteiger charge is -2.30. The van der Waals surface area contributed by atoms with Crippen LogP contribution >= 0.6 is 0 Å². The molecule has 0 saturated heterocycles. The van der Waals surface area contributed by atoms with Gasteiger partial charge in [-0.1, -0.05) is 208 Å². The highest BCUT2D eigenvalue weighted by Gasteiger charge is 2.37. The number of fused-ring (bicyclic) bond motifs is 7. The molecule has 0 bridgehead atoms. The normalized spacial score (nSPS) is 12.5. The molecule has 0 N–H and O–H groups in total. The highest BCUT2D eigenvalue weighted by atomic mass is 15.1. The van der Waals surface area contributed by atoms with Crippen LogP contribution in [-0.4, -0.2) is 0 Å². The SMILES string of the molecule is CC1(C)c2cc(N(c3ccccc3)c3ccc(-c4ccc(-c5ccccc5)cc4)cc3)ccc2-c2ccc(N(c3ccc(-c4ccc5ccccc5c4)cc3)c3cc4ccccc4c4ccccc34)cc21. The van der Waals surface area contributed by atoms with Gasteiger partial charge < -0.3 is 9.80 Å². The first kappa shape index (κ1) is 42.1. The van der Waals surface area contributed by atoms with E-state index in [4.69, 9.17) is 0 Å². The number of hydrogen-bond acceptors (Lipinski definition) is 2. The molecule has 0 atom stereocenters. The first-order chi connectivity index (χ1) is 34.9. The van der Waals surface area contributed by atoms with E-state index in [1.54, 1.807) is 0 Å². The minimum Gasteiger partial charge on any atom is -0.310 e. The third-order valence-electron chi connectivity index (χ3n) is 14.8. The number of para-hydroxylation sites is 1. The van der Waals surface area contributed by atoms with Gasteiger partial charge in [-0.3, -0.25) is 0 Å². The second kappa shape index (κ2) is 17.2. The van der Waals surface area contributed by atoms with Crippen molar-refractivity contribution < 1.29 is 0 Å². The van der Waals surface area contributed by atoms with E-state index in [9.17, 15) is 0 Å². The van der Waals surface area contributed by atoms with E-state index in [1.165, 1.54) is 88.0 Å². The molecule has 1 aliphatic rings. The molecular formula is C69H50N2. The summed E-state index contributed by atoms with van der Waals surface area (Å²) in [7, 11) is 0. The predicted molar refractivity (Wildman–Crippen MR) is 302 cm³/mol. The summed E-state index contributed by atoms with van der Waals surface area (Å²) in [6, 6.07) is 97.9. The lowest BCUT2D eigenvalue weighted by molar-refractivity contribution is 0.660. The lowest BCUT2D eigenvalue weighted by atomic mass is 9.82. The molecule has 12 aromatic carbocycles. The topological polar surface area (TPSA) is 6.48 Å². The Kier molecular flexibility index (Phi) is 10.2. The maximum absolute atomic E-state index is 2.47. The summed E-state index contributed by atoms with van der Waals surface area (Å²) in [5.74, 6) is 0. The van der Waals surface area contributed by atoms with Crippen molar-refractivity contribution in [2.24, 2.45) is 0 Å². The minimum absolute atomic E-state index is 0.286. The molecule has 0 radical (unpaired) electrons. The molecule has 0 saturated carbocycles. The average Bonchev–Trinajstić information content (AvgIpc) is 3.66. The summed E-state index contributed by atoms with van der Waals surface area (Å²) < 4.78 is 0. The molecule has 2 nitrogen and oxygen atoms in total. The van der Waals surface area contributed by atoms with Crippen LogP contribution in [0.15, 0.2) is 267 Å². The zero-order valence-electron chi connectivity index (χ0n) is 39.8. The third kappa shape index (κ3) is 7.44. The van der Waals surface area contributed by atoms with Crippen molar-refractivity contribution in [2.75, 3.05) is 9.80 Å². The Hall–Kier alpha value is -8.98. The summed E-state index contributed by atoms with van der Waals surface area (Å²) in [5, 5.41) is 7.43. The summed E-state index contributed by atoms with van der Waals surface area (Å²) in [5.41, 5.74) is 18.9. The van der Waals surface area contributed by atoms with Crippen molar-refractivity contribution in [1.29, 1.82) is 0 Å². The van der Waals surface area contributed by atoms with E-state index in [2.05, 4.69) is 291 Å². The second-order valence-corrected chi connectivity index (χ2v) is 19.4. The van der Waals surface area contributed by atoms with Gasteiger partial charge in [-0.25, -0.2) is 0 Å². The lowest BCUT2D eigenvalue weighted by Crippen LogP contribution is -2.17. The van der Waals surface area contributed by atoms with Crippen LogP contribution in [0.2, 0.25) is 0 Å². The van der Waals surface area contributed by atoms with Crippen molar-refractivity contribution in [3.05, 3.63) is 278 Å². The first-order valence-electron chi connectivity index (χ1n) is 24.7. The van der Waals surface area contributed by atoms with Crippen LogP contribution in [-0.2, 0) is 5.41 Å². The number of anilines is 6. The number of benzene rings is 12. The van der Waals surface area contributed by atoms with Gasteiger partial charge in [0.2, 0.25) is 0 Å². The molecule has 0 amide bonds. The quantitative estimate of drug-likeness (QED) is 0.133. The number of hydrogen-bond donors (Lipinski definition) is 0. The van der Waals surface area contributed by atoms with Crippen molar-refractivity contribution >= 4 is 66.4 Å². The van der Waals surface area contributed by atoms with E-state index < -0.39 is 0 Å². The van der Waals surface area contributed by atoms with Crippen molar-refractivity contribution in [1.82, 2.24) is 0 Å². The maximum atomic E-state index is 2.47. The van der Waals surface area contributed by atoms with E-state index in [0.717, 1.165) is 34.1 Å². The number of rotatable bonds is 9. The van der Waals surface area contributed by atoms with Gasteiger partial charge in [-0.15, -0.1) is 0 Å². The Bertz CT molecular complexity index is 3930. The summed E-state index contributed by atoms with van der Waals surface area (Å²) in [6.45, 7) is 4.79. The van der Waals surface area contributed by atoms with Crippen LogP contribution in [0.1, 0.15) is 25.0 Å². The minimum atomic E-state index is -0.286. The Morgan fingerprint density at radius 2 is 0.662 bits per heavy atom. The fourth-order valence-corrected chi connectivity index (χ4v) is 11.1. The zero-order valence-corrected chi connectivity index (χ0v) is 39.8. The fourth-order valence-electron chi connectivity index (χ4n) is 11.1. The number of nitrogens with zero attached hydrogens (tertiary/aromatic N) is 2. The molecule has 336 valence electrons. The molecule has 0 aromatic heterocycles. The van der Waals surface area contributed by atoms with Crippen molar-refractivity contribution in [2.45, 2.75) is 19.3 Å². The Morgan fingerprint density at radius 3 is 1.28 bits per heavy atom. The van der Waals surface area contributed by atoms with Crippen LogP contribution in [0.3, 0.4) is 0 Å². The molecule has 0 aliphatic heterocycles. The molecule has 12 aromatic rings. The Morgan fingerprint density at radius 1 is 0.254 bits per heavy atom. The summed E-state index contributed by atoms with van der Waals surface area (Å²) in [4.78, 5) is 4.86. The molecule has 0 unspecified atom stereocenters. The van der Waals surface area contributed by atoms with Gasteiger partial charge in [0.1, 0.15) is 0 Å². The van der Waals surface area contributed by atoms with Crippen molar-refractivity contribution in [3.63, 3.8) is 0 Å². The fraction of sp³-hybridized carbons (Fsp3) is 0.0435. The van der Waals surface area contributed by atoms with Gasteiger partial charge in [-0.2, -0.15) is 0 Å².